The van der Waals surface area contributed by atoms with Crippen LogP contribution in [0.4, 0.5) is 9.18 Å². The molecule has 1 aliphatic heterocycles. The molecule has 6 nitrogen and oxygen atoms in total. The van der Waals surface area contributed by atoms with Crippen molar-refractivity contribution >= 4 is 46.6 Å². The molecule has 1 fully saturated rings. The summed E-state index contributed by atoms with van der Waals surface area (Å²) in [7, 11) is 1.21. The highest BCUT2D eigenvalue weighted by molar-refractivity contribution is 8.18. The molecule has 0 aliphatic carbocycles. The summed E-state index contributed by atoms with van der Waals surface area (Å²) >= 11 is 6.61. The van der Waals surface area contributed by atoms with E-state index in [0.29, 0.717) is 11.8 Å². The number of esters is 1. The lowest BCUT2D eigenvalue weighted by molar-refractivity contribution is -0.123. The van der Waals surface area contributed by atoms with E-state index in [4.69, 9.17) is 16.0 Å². The summed E-state index contributed by atoms with van der Waals surface area (Å²) in [5.41, 5.74) is 0.0330. The Labute approximate surface area is 156 Å². The Morgan fingerprint density at radius 1 is 1.35 bits per heavy atom. The van der Waals surface area contributed by atoms with Gasteiger partial charge in [0, 0.05) is 5.56 Å². The summed E-state index contributed by atoms with van der Waals surface area (Å²) in [6.45, 7) is -0.163. The molecular formula is C17H11ClFNO5S. The fourth-order valence-electron chi connectivity index (χ4n) is 2.25. The molecule has 0 N–H and O–H groups in total. The number of amides is 2. The molecule has 2 aromatic rings. The number of halogens is 2. The minimum absolute atomic E-state index is 0.0330. The Kier molecular flexibility index (Phi) is 5.15. The van der Waals surface area contributed by atoms with Gasteiger partial charge in [0.2, 0.25) is 5.76 Å². The second kappa shape index (κ2) is 7.35. The Hall–Kier alpha value is -2.58. The number of methoxy groups -OCH3 is 1. The molecule has 0 bridgehead atoms. The van der Waals surface area contributed by atoms with Crippen molar-refractivity contribution in [1.29, 1.82) is 0 Å². The van der Waals surface area contributed by atoms with Crippen LogP contribution in [0.2, 0.25) is 5.02 Å². The third-order valence-electron chi connectivity index (χ3n) is 3.51. The van der Waals surface area contributed by atoms with Crippen LogP contribution in [0.25, 0.3) is 6.08 Å². The number of ether oxygens (including phenoxy) is 1. The molecule has 3 rings (SSSR count). The molecule has 1 saturated heterocycles. The maximum absolute atomic E-state index is 13.9. The second-order valence-electron chi connectivity index (χ2n) is 5.16. The van der Waals surface area contributed by atoms with E-state index >= 15 is 0 Å². The third kappa shape index (κ3) is 3.51. The average Bonchev–Trinajstić information content (AvgIpc) is 3.18. The maximum Gasteiger partial charge on any atom is 0.373 e. The lowest BCUT2D eigenvalue weighted by atomic mass is 10.2. The summed E-state index contributed by atoms with van der Waals surface area (Å²) in [4.78, 5) is 37.0. The van der Waals surface area contributed by atoms with E-state index in [1.165, 1.54) is 43.5 Å². The number of carbonyl (C=O) groups is 3. The first-order valence-corrected chi connectivity index (χ1v) is 8.46. The van der Waals surface area contributed by atoms with Gasteiger partial charge in [0.05, 0.1) is 23.6 Å². The fourth-order valence-corrected chi connectivity index (χ4v) is 3.28. The van der Waals surface area contributed by atoms with Gasteiger partial charge in [-0.1, -0.05) is 17.7 Å². The summed E-state index contributed by atoms with van der Waals surface area (Å²) in [6.07, 6.45) is 1.24. The Bertz CT molecular complexity index is 919. The minimum atomic E-state index is -0.667. The highest BCUT2D eigenvalue weighted by Gasteiger charge is 2.36. The smallest absolute Gasteiger partial charge is 0.373 e. The van der Waals surface area contributed by atoms with E-state index in [9.17, 15) is 18.8 Å². The first kappa shape index (κ1) is 18.2. The van der Waals surface area contributed by atoms with Crippen molar-refractivity contribution in [3.63, 3.8) is 0 Å². The minimum Gasteiger partial charge on any atom is -0.463 e. The van der Waals surface area contributed by atoms with Crippen LogP contribution in [0, 0.1) is 5.82 Å². The van der Waals surface area contributed by atoms with E-state index in [1.807, 2.05) is 0 Å². The Morgan fingerprint density at radius 3 is 2.81 bits per heavy atom. The number of furan rings is 1. The molecule has 1 aromatic heterocycles. The van der Waals surface area contributed by atoms with Gasteiger partial charge in [0.1, 0.15) is 11.6 Å². The highest BCUT2D eigenvalue weighted by Crippen LogP contribution is 2.35. The number of carbonyl (C=O) groups excluding carboxylic acids is 3. The van der Waals surface area contributed by atoms with E-state index in [0.717, 1.165) is 4.90 Å². The van der Waals surface area contributed by atoms with E-state index in [-0.39, 0.29) is 33.6 Å². The van der Waals surface area contributed by atoms with Crippen LogP contribution in [-0.2, 0) is 16.1 Å². The summed E-state index contributed by atoms with van der Waals surface area (Å²) in [6, 6.07) is 6.98. The van der Waals surface area contributed by atoms with Crippen LogP contribution in [0.1, 0.15) is 21.9 Å². The van der Waals surface area contributed by atoms with Gasteiger partial charge < -0.3 is 9.15 Å². The number of hydrogen-bond donors (Lipinski definition) is 0. The highest BCUT2D eigenvalue weighted by atomic mass is 35.5. The van der Waals surface area contributed by atoms with Gasteiger partial charge in [-0.05, 0) is 42.1 Å². The van der Waals surface area contributed by atoms with E-state index < -0.39 is 22.9 Å². The molecule has 0 radical (unpaired) electrons. The number of nitrogens with zero attached hydrogens (tertiary/aromatic N) is 1. The van der Waals surface area contributed by atoms with E-state index in [2.05, 4.69) is 4.74 Å². The number of thioether (sulfide) groups is 1. The number of imide groups is 1. The van der Waals surface area contributed by atoms with Gasteiger partial charge in [-0.15, -0.1) is 0 Å². The molecule has 2 heterocycles. The van der Waals surface area contributed by atoms with Gasteiger partial charge in [-0.25, -0.2) is 9.18 Å². The van der Waals surface area contributed by atoms with Crippen LogP contribution in [-0.4, -0.2) is 29.1 Å². The summed E-state index contributed by atoms with van der Waals surface area (Å²) < 4.78 is 23.7. The molecule has 1 aromatic carbocycles. The molecule has 2 amide bonds. The Morgan fingerprint density at radius 2 is 2.12 bits per heavy atom. The van der Waals surface area contributed by atoms with Gasteiger partial charge in [0.25, 0.3) is 11.1 Å². The van der Waals surface area contributed by atoms with Crippen molar-refractivity contribution in [2.24, 2.45) is 0 Å². The van der Waals surface area contributed by atoms with Crippen LogP contribution in [0.15, 0.2) is 39.7 Å². The van der Waals surface area contributed by atoms with Crippen LogP contribution in [0.3, 0.4) is 0 Å². The Balaban J connectivity index is 1.82. The molecule has 1 aliphatic rings. The topological polar surface area (TPSA) is 76.8 Å². The van der Waals surface area contributed by atoms with E-state index in [1.54, 1.807) is 0 Å². The standard InChI is InChI=1S/C17H11ClFNO5S/c1-24-16(22)13-6-5-9(25-13)8-20-15(21)14(26-17(20)23)7-10-11(18)3-2-4-12(10)19/h2-7H,8H2,1H3. The van der Waals surface area contributed by atoms with Crippen molar-refractivity contribution < 1.29 is 27.9 Å². The van der Waals surface area contributed by atoms with Crippen LogP contribution >= 0.6 is 23.4 Å². The molecule has 0 unspecified atom stereocenters. The summed E-state index contributed by atoms with van der Waals surface area (Å²) in [5, 5.41) is -0.407. The van der Waals surface area contributed by atoms with Gasteiger partial charge in [-0.3, -0.25) is 14.5 Å². The predicted octanol–water partition coefficient (Wildman–Crippen LogP) is 4.10. The van der Waals surface area contributed by atoms with Gasteiger partial charge >= 0.3 is 5.97 Å². The zero-order chi connectivity index (χ0) is 18.8. The molecular weight excluding hydrogens is 385 g/mol. The van der Waals surface area contributed by atoms with Crippen LogP contribution < -0.4 is 0 Å². The molecule has 0 spiro atoms. The van der Waals surface area contributed by atoms with Crippen molar-refractivity contribution in [1.82, 2.24) is 4.90 Å². The number of rotatable bonds is 4. The molecule has 9 heteroatoms. The monoisotopic (exact) mass is 395 g/mol. The molecule has 0 atom stereocenters. The van der Waals surface area contributed by atoms with Crippen molar-refractivity contribution in [3.8, 4) is 0 Å². The maximum atomic E-state index is 13.9. The second-order valence-corrected chi connectivity index (χ2v) is 6.56. The normalized spacial score (nSPS) is 15.8. The first-order chi connectivity index (χ1) is 12.4. The quantitative estimate of drug-likeness (QED) is 0.573. The lowest BCUT2D eigenvalue weighted by Crippen LogP contribution is -2.27. The number of hydrogen-bond acceptors (Lipinski definition) is 6. The molecule has 134 valence electrons. The largest absolute Gasteiger partial charge is 0.463 e. The fraction of sp³-hybridized carbons (Fsp3) is 0.118. The van der Waals surface area contributed by atoms with Crippen molar-refractivity contribution in [3.05, 3.63) is 63.2 Å². The predicted molar refractivity (Wildman–Crippen MR) is 93.0 cm³/mol. The third-order valence-corrected chi connectivity index (χ3v) is 4.75. The zero-order valence-electron chi connectivity index (χ0n) is 13.3. The first-order valence-electron chi connectivity index (χ1n) is 7.27. The van der Waals surface area contributed by atoms with Crippen molar-refractivity contribution in [2.45, 2.75) is 6.54 Å². The average molecular weight is 396 g/mol. The zero-order valence-corrected chi connectivity index (χ0v) is 14.9. The number of benzene rings is 1. The molecule has 0 saturated carbocycles. The van der Waals surface area contributed by atoms with Gasteiger partial charge in [-0.2, -0.15) is 0 Å². The lowest BCUT2D eigenvalue weighted by Gasteiger charge is -2.10. The molecule has 26 heavy (non-hydrogen) atoms. The van der Waals surface area contributed by atoms with Crippen LogP contribution in [0.5, 0.6) is 0 Å². The van der Waals surface area contributed by atoms with Crippen molar-refractivity contribution in [2.75, 3.05) is 7.11 Å². The van der Waals surface area contributed by atoms with Gasteiger partial charge in [0.15, 0.2) is 0 Å². The summed E-state index contributed by atoms with van der Waals surface area (Å²) in [5.74, 6) is -1.67. The SMILES string of the molecule is COC(=O)c1ccc(CN2C(=O)SC(=Cc3c(F)cccc3Cl)C2=O)o1.